The molecule has 160 valence electrons. The van der Waals surface area contributed by atoms with Gasteiger partial charge in [-0.05, 0) is 74.2 Å². The lowest BCUT2D eigenvalue weighted by molar-refractivity contribution is 0.103. The topological polar surface area (TPSA) is 44.8 Å². The molecule has 0 atom stereocenters. The highest BCUT2D eigenvalue weighted by molar-refractivity contribution is 6.66. The molecule has 0 spiro atoms. The summed E-state index contributed by atoms with van der Waals surface area (Å²) in [5.41, 5.74) is 5.86. The first kappa shape index (κ1) is 22.5. The van der Waals surface area contributed by atoms with Crippen LogP contribution in [0.4, 0.5) is 0 Å². The van der Waals surface area contributed by atoms with Crippen LogP contribution < -0.4 is 4.74 Å². The molecule has 1 aliphatic carbocycles. The smallest absolute Gasteiger partial charge is 0.335 e. The second-order valence-corrected chi connectivity index (χ2v) is 11.2. The lowest BCUT2D eigenvalue weighted by Crippen LogP contribution is -2.39. The lowest BCUT2D eigenvalue weighted by Gasteiger charge is -2.26. The van der Waals surface area contributed by atoms with Crippen LogP contribution in [0.15, 0.2) is 48.6 Å². The molecule has 0 N–H and O–H groups in total. The summed E-state index contributed by atoms with van der Waals surface area (Å²) >= 11 is 0. The highest BCUT2D eigenvalue weighted by Gasteiger charge is 2.30. The van der Waals surface area contributed by atoms with E-state index >= 15 is 0 Å². The van der Waals surface area contributed by atoms with E-state index in [0.717, 1.165) is 35.8 Å². The van der Waals surface area contributed by atoms with Gasteiger partial charge in [-0.1, -0.05) is 30.8 Å². The number of rotatable bonds is 11. The third kappa shape index (κ3) is 4.91. The SMILES string of the molecule is C=C(C)C(=O)c1cc(OCCC[Si](C)(OCC)OCC)c2c(c1)-c1ccccc1C2. The number of carbonyl (C=O) groups excluding carboxylic acids is 1. The van der Waals surface area contributed by atoms with Crippen LogP contribution in [0.3, 0.4) is 0 Å². The van der Waals surface area contributed by atoms with Gasteiger partial charge in [-0.25, -0.2) is 0 Å². The minimum Gasteiger partial charge on any atom is -0.493 e. The van der Waals surface area contributed by atoms with Crippen LogP contribution in [0.2, 0.25) is 12.6 Å². The minimum absolute atomic E-state index is 0.0419. The Morgan fingerprint density at radius 2 is 1.80 bits per heavy atom. The van der Waals surface area contributed by atoms with Gasteiger partial charge in [0.1, 0.15) is 5.75 Å². The van der Waals surface area contributed by atoms with Crippen molar-refractivity contribution in [1.82, 2.24) is 0 Å². The summed E-state index contributed by atoms with van der Waals surface area (Å²) in [6, 6.07) is 13.1. The van der Waals surface area contributed by atoms with E-state index < -0.39 is 8.56 Å². The number of carbonyl (C=O) groups is 1. The number of fused-ring (bicyclic) bond motifs is 3. The van der Waals surface area contributed by atoms with Crippen LogP contribution in [0, 0.1) is 0 Å². The number of Topliss-reactive ketones (excluding diaryl/α,β-unsaturated/α-hetero) is 1. The number of allylic oxidation sites excluding steroid dienone is 1. The predicted octanol–water partition coefficient (Wildman–Crippen LogP) is 5.93. The number of ether oxygens (including phenoxy) is 1. The predicted molar refractivity (Wildman–Crippen MR) is 124 cm³/mol. The number of hydrogen-bond donors (Lipinski definition) is 0. The molecular weight excluding hydrogens is 392 g/mol. The van der Waals surface area contributed by atoms with Crippen molar-refractivity contribution < 1.29 is 18.4 Å². The van der Waals surface area contributed by atoms with Gasteiger partial charge in [0.25, 0.3) is 0 Å². The van der Waals surface area contributed by atoms with E-state index in [1.165, 1.54) is 11.1 Å². The molecule has 3 rings (SSSR count). The molecule has 0 amide bonds. The average Bonchev–Trinajstić information content (AvgIpc) is 3.09. The van der Waals surface area contributed by atoms with E-state index in [1.807, 2.05) is 32.0 Å². The monoisotopic (exact) mass is 424 g/mol. The second-order valence-electron chi connectivity index (χ2n) is 7.90. The van der Waals surface area contributed by atoms with Crippen LogP contribution in [0.1, 0.15) is 48.7 Å². The third-order valence-corrected chi connectivity index (χ3v) is 8.53. The quantitative estimate of drug-likeness (QED) is 0.166. The fourth-order valence-electron chi connectivity index (χ4n) is 4.07. The summed E-state index contributed by atoms with van der Waals surface area (Å²) in [4.78, 5) is 12.6. The van der Waals surface area contributed by atoms with Crippen LogP contribution in [-0.4, -0.2) is 34.2 Å². The number of benzene rings is 2. The first-order valence-corrected chi connectivity index (χ1v) is 13.3. The zero-order valence-corrected chi connectivity index (χ0v) is 19.5. The average molecular weight is 425 g/mol. The Labute approximate surface area is 181 Å². The lowest BCUT2D eigenvalue weighted by atomic mass is 9.98. The maximum atomic E-state index is 12.6. The Morgan fingerprint density at radius 1 is 1.10 bits per heavy atom. The van der Waals surface area contributed by atoms with E-state index in [-0.39, 0.29) is 5.78 Å². The standard InChI is InChI=1S/C25H32O4Si/c1-6-28-30(5,29-7-2)14-10-13-27-24-17-20(25(26)18(3)4)16-22-21-12-9-8-11-19(21)15-23(22)24/h8-9,11-12,16-17H,3,6-7,10,13-15H2,1-2,4-5H3. The fraction of sp³-hybridized carbons (Fsp3) is 0.400. The summed E-state index contributed by atoms with van der Waals surface area (Å²) in [6.07, 6.45) is 1.68. The Bertz CT molecular complexity index is 929. The van der Waals surface area contributed by atoms with Crippen molar-refractivity contribution >= 4 is 14.3 Å². The van der Waals surface area contributed by atoms with Crippen LogP contribution >= 0.6 is 0 Å². The highest BCUT2D eigenvalue weighted by atomic mass is 28.4. The largest absolute Gasteiger partial charge is 0.493 e. The summed E-state index contributed by atoms with van der Waals surface area (Å²) in [6.45, 7) is 13.6. The molecule has 4 nitrogen and oxygen atoms in total. The molecule has 0 saturated carbocycles. The zero-order chi connectivity index (χ0) is 21.7. The van der Waals surface area contributed by atoms with Crippen molar-refractivity contribution in [3.63, 3.8) is 0 Å². The minimum atomic E-state index is -2.15. The zero-order valence-electron chi connectivity index (χ0n) is 18.5. The van der Waals surface area contributed by atoms with Crippen LogP contribution in [-0.2, 0) is 15.3 Å². The Morgan fingerprint density at radius 3 is 2.47 bits per heavy atom. The normalized spacial score (nSPS) is 12.4. The van der Waals surface area contributed by atoms with E-state index in [9.17, 15) is 4.79 Å². The molecular formula is C25H32O4Si. The van der Waals surface area contributed by atoms with Gasteiger partial charge in [-0.15, -0.1) is 0 Å². The Balaban J connectivity index is 1.80. The summed E-state index contributed by atoms with van der Waals surface area (Å²) in [5, 5.41) is 0. The maximum absolute atomic E-state index is 12.6. The van der Waals surface area contributed by atoms with Crippen molar-refractivity contribution in [2.24, 2.45) is 0 Å². The van der Waals surface area contributed by atoms with E-state index in [0.29, 0.717) is 31.0 Å². The second kappa shape index (κ2) is 9.73. The first-order chi connectivity index (χ1) is 14.4. The Kier molecular flexibility index (Phi) is 7.29. The molecule has 5 heteroatoms. The number of hydrogen-bond acceptors (Lipinski definition) is 4. The molecule has 0 heterocycles. The van der Waals surface area contributed by atoms with Gasteiger partial charge in [0.05, 0.1) is 6.61 Å². The molecule has 0 saturated heterocycles. The maximum Gasteiger partial charge on any atom is 0.335 e. The summed E-state index contributed by atoms with van der Waals surface area (Å²) in [7, 11) is -2.15. The van der Waals surface area contributed by atoms with E-state index in [1.54, 1.807) is 6.92 Å². The molecule has 30 heavy (non-hydrogen) atoms. The molecule has 0 aromatic heterocycles. The third-order valence-electron chi connectivity index (χ3n) is 5.47. The van der Waals surface area contributed by atoms with E-state index in [2.05, 4.69) is 31.3 Å². The Hall–Kier alpha value is -2.21. The van der Waals surface area contributed by atoms with Crippen molar-refractivity contribution in [2.45, 2.75) is 46.2 Å². The summed E-state index contributed by atoms with van der Waals surface area (Å²) < 4.78 is 18.1. The van der Waals surface area contributed by atoms with Gasteiger partial charge in [0, 0.05) is 30.8 Å². The van der Waals surface area contributed by atoms with Gasteiger partial charge in [-0.3, -0.25) is 4.79 Å². The fourth-order valence-corrected chi connectivity index (χ4v) is 6.45. The highest BCUT2D eigenvalue weighted by Crippen LogP contribution is 2.42. The molecule has 2 aromatic rings. The van der Waals surface area contributed by atoms with Crippen molar-refractivity contribution in [2.75, 3.05) is 19.8 Å². The van der Waals surface area contributed by atoms with Gasteiger partial charge in [0.15, 0.2) is 5.78 Å². The van der Waals surface area contributed by atoms with Gasteiger partial charge < -0.3 is 13.6 Å². The van der Waals surface area contributed by atoms with Crippen LogP contribution in [0.5, 0.6) is 5.75 Å². The van der Waals surface area contributed by atoms with Crippen molar-refractivity contribution in [1.29, 1.82) is 0 Å². The molecule has 0 radical (unpaired) electrons. The molecule has 0 aliphatic heterocycles. The molecule has 1 aliphatic rings. The molecule has 2 aromatic carbocycles. The van der Waals surface area contributed by atoms with Gasteiger partial charge >= 0.3 is 8.56 Å². The summed E-state index contributed by atoms with van der Waals surface area (Å²) in [5.74, 6) is 0.754. The van der Waals surface area contributed by atoms with Gasteiger partial charge in [0.2, 0.25) is 0 Å². The first-order valence-electron chi connectivity index (χ1n) is 10.7. The molecule has 0 fully saturated rings. The van der Waals surface area contributed by atoms with Gasteiger partial charge in [-0.2, -0.15) is 0 Å². The molecule has 0 unspecified atom stereocenters. The molecule has 0 bridgehead atoms. The number of ketones is 1. The van der Waals surface area contributed by atoms with Crippen molar-refractivity contribution in [3.05, 3.63) is 65.2 Å². The van der Waals surface area contributed by atoms with Crippen molar-refractivity contribution in [3.8, 4) is 16.9 Å². The van der Waals surface area contributed by atoms with E-state index in [4.69, 9.17) is 13.6 Å². The van der Waals surface area contributed by atoms with Crippen LogP contribution in [0.25, 0.3) is 11.1 Å².